The third kappa shape index (κ3) is 6.01. The van der Waals surface area contributed by atoms with Crippen LogP contribution in [-0.4, -0.2) is 58.0 Å². The van der Waals surface area contributed by atoms with Crippen LogP contribution < -0.4 is 15.4 Å². The normalized spacial score (nSPS) is 11.3. The van der Waals surface area contributed by atoms with Gasteiger partial charge in [0.1, 0.15) is 17.0 Å². The smallest absolute Gasteiger partial charge is 0.407 e. The summed E-state index contributed by atoms with van der Waals surface area (Å²) in [5.41, 5.74) is 3.14. The van der Waals surface area contributed by atoms with Gasteiger partial charge in [-0.05, 0) is 57.5 Å². The largest absolute Gasteiger partial charge is 0.497 e. The summed E-state index contributed by atoms with van der Waals surface area (Å²) >= 11 is 0. The first-order valence-corrected chi connectivity index (χ1v) is 11.7. The molecule has 2 aromatic carbocycles. The number of hydrogen-bond acceptors (Lipinski definition) is 6. The second kappa shape index (κ2) is 10.5. The number of rotatable bonds is 8. The summed E-state index contributed by atoms with van der Waals surface area (Å²) < 4.78 is 10.5. The van der Waals surface area contributed by atoms with Crippen molar-refractivity contribution in [2.24, 2.45) is 0 Å². The molecule has 2 aromatic heterocycles. The van der Waals surface area contributed by atoms with E-state index in [4.69, 9.17) is 9.47 Å². The Bertz CT molecular complexity index is 1370. The van der Waals surface area contributed by atoms with Crippen molar-refractivity contribution in [3.8, 4) is 28.5 Å². The fraction of sp³-hybridized carbons (Fsp3) is 0.308. The molecule has 0 aliphatic carbocycles. The van der Waals surface area contributed by atoms with Crippen LogP contribution in [0.2, 0.25) is 0 Å². The molecular formula is C26H30N6O4. The molecule has 0 spiro atoms. The van der Waals surface area contributed by atoms with E-state index < -0.39 is 11.7 Å². The Hall–Kier alpha value is -4.34. The number of alkyl carbamates (subject to hydrolysis) is 1. The predicted octanol–water partition coefficient (Wildman–Crippen LogP) is 4.27. The third-order valence-electron chi connectivity index (χ3n) is 5.31. The van der Waals surface area contributed by atoms with Gasteiger partial charge in [0.25, 0.3) is 5.91 Å². The van der Waals surface area contributed by atoms with Gasteiger partial charge in [0.05, 0.1) is 24.5 Å². The lowest BCUT2D eigenvalue weighted by molar-refractivity contribution is 0.0527. The minimum Gasteiger partial charge on any atom is -0.497 e. The predicted molar refractivity (Wildman–Crippen MR) is 137 cm³/mol. The third-order valence-corrected chi connectivity index (χ3v) is 5.31. The van der Waals surface area contributed by atoms with E-state index in [0.29, 0.717) is 36.6 Å². The van der Waals surface area contributed by atoms with Gasteiger partial charge in [0.2, 0.25) is 0 Å². The average Bonchev–Trinajstić information content (AvgIpc) is 3.49. The van der Waals surface area contributed by atoms with Crippen LogP contribution in [0.3, 0.4) is 0 Å². The van der Waals surface area contributed by atoms with E-state index in [2.05, 4.69) is 30.8 Å². The van der Waals surface area contributed by atoms with Gasteiger partial charge in [-0.15, -0.1) is 0 Å². The Kier molecular flexibility index (Phi) is 7.23. The van der Waals surface area contributed by atoms with E-state index >= 15 is 0 Å². The molecule has 0 unspecified atom stereocenters. The lowest BCUT2D eigenvalue weighted by Crippen LogP contribution is -2.34. The van der Waals surface area contributed by atoms with Crippen LogP contribution in [0.5, 0.6) is 5.75 Å². The molecule has 2 heterocycles. The van der Waals surface area contributed by atoms with Crippen molar-refractivity contribution in [3.63, 3.8) is 0 Å². The van der Waals surface area contributed by atoms with Crippen LogP contribution in [0, 0.1) is 0 Å². The molecule has 0 saturated heterocycles. The highest BCUT2D eigenvalue weighted by Gasteiger charge is 2.16. The van der Waals surface area contributed by atoms with Gasteiger partial charge in [0.15, 0.2) is 5.82 Å². The van der Waals surface area contributed by atoms with Gasteiger partial charge in [-0.25, -0.2) is 9.78 Å². The molecule has 0 aliphatic rings. The number of imidazole rings is 1. The number of aromatic nitrogens is 4. The number of hydrogen-bond donors (Lipinski definition) is 4. The SMILES string of the molecule is COc1cccc(-c2cnc(-c3n[nH]c4ccc(C(=O)NCCCNC(=O)OC(C)(C)C)cc34)[nH]2)c1. The first kappa shape index (κ1) is 24.8. The van der Waals surface area contributed by atoms with Crippen molar-refractivity contribution in [2.75, 3.05) is 20.2 Å². The fourth-order valence-electron chi connectivity index (χ4n) is 3.61. The van der Waals surface area contributed by atoms with Crippen molar-refractivity contribution < 1.29 is 19.1 Å². The maximum absolute atomic E-state index is 12.7. The molecule has 188 valence electrons. The number of H-pyrrole nitrogens is 2. The van der Waals surface area contributed by atoms with Crippen LogP contribution in [0.15, 0.2) is 48.7 Å². The monoisotopic (exact) mass is 490 g/mol. The first-order chi connectivity index (χ1) is 17.2. The summed E-state index contributed by atoms with van der Waals surface area (Å²) in [5.74, 6) is 1.13. The molecule has 0 atom stereocenters. The maximum Gasteiger partial charge on any atom is 0.407 e. The number of aromatic amines is 2. The van der Waals surface area contributed by atoms with Crippen LogP contribution in [0.1, 0.15) is 37.6 Å². The molecule has 4 rings (SSSR count). The first-order valence-electron chi connectivity index (χ1n) is 11.7. The Balaban J connectivity index is 1.40. The van der Waals surface area contributed by atoms with E-state index in [1.165, 1.54) is 0 Å². The molecule has 4 aromatic rings. The number of carbonyl (C=O) groups excluding carboxylic acids is 2. The summed E-state index contributed by atoms with van der Waals surface area (Å²) in [6.07, 6.45) is 1.84. The highest BCUT2D eigenvalue weighted by atomic mass is 16.6. The fourth-order valence-corrected chi connectivity index (χ4v) is 3.61. The second-order valence-electron chi connectivity index (χ2n) is 9.25. The zero-order valence-electron chi connectivity index (χ0n) is 20.8. The number of nitrogens with one attached hydrogen (secondary N) is 4. The summed E-state index contributed by atoms with van der Waals surface area (Å²) in [7, 11) is 1.63. The van der Waals surface area contributed by atoms with E-state index in [9.17, 15) is 9.59 Å². The minimum atomic E-state index is -0.546. The molecule has 10 nitrogen and oxygen atoms in total. The summed E-state index contributed by atoms with van der Waals surface area (Å²) in [6, 6.07) is 13.0. The molecular weight excluding hydrogens is 460 g/mol. The Morgan fingerprint density at radius 3 is 2.64 bits per heavy atom. The average molecular weight is 491 g/mol. The molecule has 10 heteroatoms. The minimum absolute atomic E-state index is 0.210. The summed E-state index contributed by atoms with van der Waals surface area (Å²) in [5, 5.41) is 13.7. The van der Waals surface area contributed by atoms with Crippen molar-refractivity contribution >= 4 is 22.9 Å². The van der Waals surface area contributed by atoms with E-state index in [0.717, 1.165) is 27.9 Å². The second-order valence-corrected chi connectivity index (χ2v) is 9.25. The number of benzene rings is 2. The van der Waals surface area contributed by atoms with Crippen LogP contribution in [0.4, 0.5) is 4.79 Å². The van der Waals surface area contributed by atoms with Gasteiger partial charge >= 0.3 is 6.09 Å². The lowest BCUT2D eigenvalue weighted by atomic mass is 10.1. The highest BCUT2D eigenvalue weighted by Crippen LogP contribution is 2.28. The van der Waals surface area contributed by atoms with E-state index in [-0.39, 0.29) is 5.91 Å². The van der Waals surface area contributed by atoms with Crippen LogP contribution in [-0.2, 0) is 4.74 Å². The van der Waals surface area contributed by atoms with Crippen molar-refractivity contribution in [3.05, 3.63) is 54.2 Å². The zero-order chi connectivity index (χ0) is 25.7. The van der Waals surface area contributed by atoms with Crippen molar-refractivity contribution in [1.29, 1.82) is 0 Å². The van der Waals surface area contributed by atoms with Gasteiger partial charge in [-0.2, -0.15) is 5.10 Å². The summed E-state index contributed by atoms with van der Waals surface area (Å²) in [4.78, 5) is 32.2. The van der Waals surface area contributed by atoms with Crippen molar-refractivity contribution in [2.45, 2.75) is 32.8 Å². The Labute approximate surface area is 208 Å². The number of carbonyl (C=O) groups is 2. The molecule has 0 bridgehead atoms. The standard InChI is InChI=1S/C26H30N6O4/c1-26(2,3)36-25(34)28-12-6-11-27-24(33)17-9-10-20-19(14-17)22(32-31-20)23-29-15-21(30-23)16-7-5-8-18(13-16)35-4/h5,7-10,13-15H,6,11-12H2,1-4H3,(H,27,33)(H,28,34)(H,29,30)(H,31,32). The van der Waals surface area contributed by atoms with Gasteiger partial charge in [-0.1, -0.05) is 12.1 Å². The Morgan fingerprint density at radius 1 is 1.06 bits per heavy atom. The van der Waals surface area contributed by atoms with Crippen LogP contribution >= 0.6 is 0 Å². The van der Waals surface area contributed by atoms with Gasteiger partial charge in [0, 0.05) is 29.6 Å². The van der Waals surface area contributed by atoms with E-state index in [1.54, 1.807) is 46.2 Å². The zero-order valence-corrected chi connectivity index (χ0v) is 20.8. The molecule has 36 heavy (non-hydrogen) atoms. The summed E-state index contributed by atoms with van der Waals surface area (Å²) in [6.45, 7) is 6.23. The topological polar surface area (TPSA) is 134 Å². The molecule has 2 amide bonds. The van der Waals surface area contributed by atoms with Crippen molar-refractivity contribution in [1.82, 2.24) is 30.8 Å². The molecule has 0 radical (unpaired) electrons. The molecule has 0 aliphatic heterocycles. The molecule has 0 saturated carbocycles. The number of ether oxygens (including phenoxy) is 2. The number of fused-ring (bicyclic) bond motifs is 1. The lowest BCUT2D eigenvalue weighted by Gasteiger charge is -2.19. The van der Waals surface area contributed by atoms with Gasteiger partial charge < -0.3 is 25.1 Å². The van der Waals surface area contributed by atoms with Crippen LogP contribution in [0.25, 0.3) is 33.7 Å². The molecule has 0 fully saturated rings. The highest BCUT2D eigenvalue weighted by molar-refractivity contribution is 6.01. The molecule has 4 N–H and O–H groups in total. The quantitative estimate of drug-likeness (QED) is 0.273. The Morgan fingerprint density at radius 2 is 1.86 bits per heavy atom. The number of nitrogens with zero attached hydrogens (tertiary/aromatic N) is 2. The maximum atomic E-state index is 12.7. The van der Waals surface area contributed by atoms with E-state index in [1.807, 2.05) is 30.3 Å². The number of amides is 2. The van der Waals surface area contributed by atoms with Gasteiger partial charge in [-0.3, -0.25) is 9.89 Å². The number of methoxy groups -OCH3 is 1.